The van der Waals surface area contributed by atoms with Gasteiger partial charge < -0.3 is 0 Å². The maximum atomic E-state index is 4.58. The van der Waals surface area contributed by atoms with Crippen molar-refractivity contribution in [3.63, 3.8) is 0 Å². The number of aromatic nitrogens is 1. The van der Waals surface area contributed by atoms with Gasteiger partial charge in [0, 0.05) is 17.3 Å². The highest BCUT2D eigenvalue weighted by atomic mass is 14.7. The molecule has 1 aliphatic rings. The van der Waals surface area contributed by atoms with E-state index in [1.54, 1.807) is 0 Å². The SMILES string of the molecule is Cc1ccc2c(c1)C(=Cc1ccccc1)c1cccnc1-2. The highest BCUT2D eigenvalue weighted by molar-refractivity contribution is 6.05. The lowest BCUT2D eigenvalue weighted by Crippen LogP contribution is -1.83. The van der Waals surface area contributed by atoms with Gasteiger partial charge in [-0.05, 0) is 35.8 Å². The third-order valence-corrected chi connectivity index (χ3v) is 3.93. The Bertz CT molecular complexity index is 845. The summed E-state index contributed by atoms with van der Waals surface area (Å²) in [7, 11) is 0. The fraction of sp³-hybridized carbons (Fsp3) is 0.0500. The molecule has 1 nitrogen and oxygen atoms in total. The van der Waals surface area contributed by atoms with E-state index >= 15 is 0 Å². The molecule has 1 aliphatic carbocycles. The monoisotopic (exact) mass is 269 g/mol. The van der Waals surface area contributed by atoms with Crippen molar-refractivity contribution in [2.45, 2.75) is 6.92 Å². The molecule has 3 aromatic rings. The molecule has 0 aliphatic heterocycles. The fourth-order valence-electron chi connectivity index (χ4n) is 2.94. The molecule has 21 heavy (non-hydrogen) atoms. The second-order valence-corrected chi connectivity index (χ2v) is 5.42. The summed E-state index contributed by atoms with van der Waals surface area (Å²) in [5, 5.41) is 0. The second-order valence-electron chi connectivity index (χ2n) is 5.42. The van der Waals surface area contributed by atoms with Crippen molar-refractivity contribution < 1.29 is 0 Å². The number of hydrogen-bond donors (Lipinski definition) is 0. The third kappa shape index (κ3) is 1.98. The molecule has 0 saturated carbocycles. The molecule has 0 N–H and O–H groups in total. The average molecular weight is 269 g/mol. The fourth-order valence-corrected chi connectivity index (χ4v) is 2.94. The van der Waals surface area contributed by atoms with Gasteiger partial charge in [-0.1, -0.05) is 60.2 Å². The summed E-state index contributed by atoms with van der Waals surface area (Å²) < 4.78 is 0. The minimum absolute atomic E-state index is 1.09. The van der Waals surface area contributed by atoms with Crippen LogP contribution in [0.3, 0.4) is 0 Å². The minimum Gasteiger partial charge on any atom is -0.256 e. The van der Waals surface area contributed by atoms with Gasteiger partial charge in [-0.3, -0.25) is 4.98 Å². The van der Waals surface area contributed by atoms with Crippen LogP contribution in [-0.4, -0.2) is 4.98 Å². The van der Waals surface area contributed by atoms with E-state index in [2.05, 4.69) is 66.5 Å². The number of fused-ring (bicyclic) bond motifs is 3. The van der Waals surface area contributed by atoms with E-state index in [9.17, 15) is 0 Å². The molecule has 0 atom stereocenters. The molecule has 2 aromatic carbocycles. The van der Waals surface area contributed by atoms with Crippen LogP contribution >= 0.6 is 0 Å². The van der Waals surface area contributed by atoms with E-state index < -0.39 is 0 Å². The van der Waals surface area contributed by atoms with Gasteiger partial charge in [0.1, 0.15) is 0 Å². The molecule has 4 rings (SSSR count). The zero-order valence-corrected chi connectivity index (χ0v) is 11.9. The molecule has 0 spiro atoms. The van der Waals surface area contributed by atoms with E-state index in [4.69, 9.17) is 0 Å². The highest BCUT2D eigenvalue weighted by Gasteiger charge is 2.24. The molecule has 0 fully saturated rings. The van der Waals surface area contributed by atoms with Gasteiger partial charge in [0.05, 0.1) is 5.69 Å². The van der Waals surface area contributed by atoms with Crippen molar-refractivity contribution >= 4 is 11.6 Å². The Balaban J connectivity index is 1.99. The lowest BCUT2D eigenvalue weighted by Gasteiger charge is -2.04. The lowest BCUT2D eigenvalue weighted by molar-refractivity contribution is 1.33. The van der Waals surface area contributed by atoms with Crippen molar-refractivity contribution in [2.75, 3.05) is 0 Å². The van der Waals surface area contributed by atoms with Gasteiger partial charge in [0.15, 0.2) is 0 Å². The van der Waals surface area contributed by atoms with Gasteiger partial charge in [0.25, 0.3) is 0 Å². The molecule has 1 heterocycles. The van der Waals surface area contributed by atoms with E-state index in [1.807, 2.05) is 18.3 Å². The lowest BCUT2D eigenvalue weighted by atomic mass is 10.00. The van der Waals surface area contributed by atoms with Crippen LogP contribution in [0.1, 0.15) is 22.3 Å². The minimum atomic E-state index is 1.09. The molecule has 0 unspecified atom stereocenters. The predicted molar refractivity (Wildman–Crippen MR) is 87.8 cm³/mol. The summed E-state index contributed by atoms with van der Waals surface area (Å²) in [5.41, 5.74) is 8.60. The first-order valence-corrected chi connectivity index (χ1v) is 7.16. The molecule has 1 heteroatoms. The second kappa shape index (κ2) is 4.71. The topological polar surface area (TPSA) is 12.9 Å². The van der Waals surface area contributed by atoms with Gasteiger partial charge in [0.2, 0.25) is 0 Å². The molecule has 0 amide bonds. The van der Waals surface area contributed by atoms with Crippen molar-refractivity contribution in [1.82, 2.24) is 4.98 Å². The molecule has 100 valence electrons. The molecule has 0 saturated heterocycles. The van der Waals surface area contributed by atoms with Crippen LogP contribution in [0, 0.1) is 6.92 Å². The van der Waals surface area contributed by atoms with E-state index in [0.29, 0.717) is 0 Å². The normalized spacial score (nSPS) is 14.0. The van der Waals surface area contributed by atoms with Gasteiger partial charge in [-0.2, -0.15) is 0 Å². The van der Waals surface area contributed by atoms with E-state index in [0.717, 1.165) is 5.69 Å². The highest BCUT2D eigenvalue weighted by Crippen LogP contribution is 2.43. The number of hydrogen-bond acceptors (Lipinski definition) is 1. The van der Waals surface area contributed by atoms with Crippen molar-refractivity contribution in [1.29, 1.82) is 0 Å². The van der Waals surface area contributed by atoms with Crippen LogP contribution in [-0.2, 0) is 0 Å². The summed E-state index contributed by atoms with van der Waals surface area (Å²) in [6.45, 7) is 2.14. The van der Waals surface area contributed by atoms with Gasteiger partial charge >= 0.3 is 0 Å². The Morgan fingerprint density at radius 1 is 0.810 bits per heavy atom. The van der Waals surface area contributed by atoms with Crippen LogP contribution < -0.4 is 0 Å². The summed E-state index contributed by atoms with van der Waals surface area (Å²) in [6.07, 6.45) is 4.12. The van der Waals surface area contributed by atoms with Crippen molar-refractivity contribution in [3.8, 4) is 11.3 Å². The summed E-state index contributed by atoms with van der Waals surface area (Å²) in [6, 6.07) is 21.2. The Morgan fingerprint density at radius 3 is 2.52 bits per heavy atom. The van der Waals surface area contributed by atoms with Crippen LogP contribution in [0.4, 0.5) is 0 Å². The molecule has 1 aromatic heterocycles. The van der Waals surface area contributed by atoms with Crippen LogP contribution in [0.5, 0.6) is 0 Å². The van der Waals surface area contributed by atoms with Crippen molar-refractivity contribution in [3.05, 3.63) is 89.1 Å². The Labute approximate surface area is 124 Å². The van der Waals surface area contributed by atoms with E-state index in [-0.39, 0.29) is 0 Å². The summed E-state index contributed by atoms with van der Waals surface area (Å²) >= 11 is 0. The van der Waals surface area contributed by atoms with Crippen LogP contribution in [0.25, 0.3) is 22.9 Å². The number of aryl methyl sites for hydroxylation is 1. The molecule has 0 bridgehead atoms. The predicted octanol–water partition coefficient (Wildman–Crippen LogP) is 4.96. The Morgan fingerprint density at radius 2 is 1.67 bits per heavy atom. The maximum Gasteiger partial charge on any atom is 0.0786 e. The zero-order chi connectivity index (χ0) is 14.2. The zero-order valence-electron chi connectivity index (χ0n) is 11.9. The van der Waals surface area contributed by atoms with Crippen LogP contribution in [0.2, 0.25) is 0 Å². The molecular formula is C20H15N. The first-order valence-electron chi connectivity index (χ1n) is 7.16. The smallest absolute Gasteiger partial charge is 0.0786 e. The van der Waals surface area contributed by atoms with E-state index in [1.165, 1.54) is 33.4 Å². The average Bonchev–Trinajstić information content (AvgIpc) is 2.82. The first kappa shape index (κ1) is 12.1. The number of rotatable bonds is 1. The molecule has 0 radical (unpaired) electrons. The quantitative estimate of drug-likeness (QED) is 0.476. The first-order chi connectivity index (χ1) is 10.3. The van der Waals surface area contributed by atoms with Gasteiger partial charge in [-0.15, -0.1) is 0 Å². The summed E-state index contributed by atoms with van der Waals surface area (Å²) in [4.78, 5) is 4.58. The van der Waals surface area contributed by atoms with Crippen LogP contribution in [0.15, 0.2) is 66.9 Å². The molecular weight excluding hydrogens is 254 g/mol. The Kier molecular flexibility index (Phi) is 2.71. The van der Waals surface area contributed by atoms with Gasteiger partial charge in [-0.25, -0.2) is 0 Å². The summed E-state index contributed by atoms with van der Waals surface area (Å²) in [5.74, 6) is 0. The number of pyridine rings is 1. The number of nitrogens with zero attached hydrogens (tertiary/aromatic N) is 1. The Hall–Kier alpha value is -2.67. The maximum absolute atomic E-state index is 4.58. The van der Waals surface area contributed by atoms with Crippen molar-refractivity contribution in [2.24, 2.45) is 0 Å². The largest absolute Gasteiger partial charge is 0.256 e. The number of benzene rings is 2. The third-order valence-electron chi connectivity index (χ3n) is 3.93. The standard InChI is InChI=1S/C20H15N/c1-14-9-10-17-18(12-14)19(13-15-6-3-2-4-7-15)16-8-5-11-21-20(16)17/h2-13H,1H3.